The molecule has 0 amide bonds. The summed E-state index contributed by atoms with van der Waals surface area (Å²) in [4.78, 5) is 0. The lowest BCUT2D eigenvalue weighted by molar-refractivity contribution is -0.0161. The molecule has 3 nitrogen and oxygen atoms in total. The van der Waals surface area contributed by atoms with Crippen LogP contribution in [0.4, 0.5) is 0 Å². The molecule has 0 saturated carbocycles. The Labute approximate surface area is 56.0 Å². The van der Waals surface area contributed by atoms with Gasteiger partial charge in [-0.15, -0.1) is 0 Å². The highest BCUT2D eigenvalue weighted by Gasteiger charge is 2.06. The SMILES string of the molecule is CC.O[C@@H]1COCCN1. The Morgan fingerprint density at radius 2 is 2.22 bits per heavy atom. The first kappa shape index (κ1) is 8.88. The predicted octanol–water partition coefficient (Wildman–Crippen LogP) is -0.0492. The summed E-state index contributed by atoms with van der Waals surface area (Å²) in [5.41, 5.74) is 0. The molecule has 0 spiro atoms. The number of hydrogen-bond donors (Lipinski definition) is 2. The van der Waals surface area contributed by atoms with E-state index in [9.17, 15) is 0 Å². The Bertz CT molecular complexity index is 53.0. The summed E-state index contributed by atoms with van der Waals surface area (Å²) in [6.45, 7) is 5.91. The van der Waals surface area contributed by atoms with Gasteiger partial charge in [-0.3, -0.25) is 5.32 Å². The molecule has 56 valence electrons. The van der Waals surface area contributed by atoms with Gasteiger partial charge in [-0.2, -0.15) is 0 Å². The van der Waals surface area contributed by atoms with E-state index in [-0.39, 0.29) is 0 Å². The summed E-state index contributed by atoms with van der Waals surface area (Å²) in [6, 6.07) is 0. The third-order valence-electron chi connectivity index (χ3n) is 0.902. The van der Waals surface area contributed by atoms with Gasteiger partial charge < -0.3 is 9.84 Å². The van der Waals surface area contributed by atoms with E-state index in [0.717, 1.165) is 13.2 Å². The zero-order valence-corrected chi connectivity index (χ0v) is 6.05. The van der Waals surface area contributed by atoms with Crippen molar-refractivity contribution in [2.24, 2.45) is 0 Å². The van der Waals surface area contributed by atoms with Crippen LogP contribution < -0.4 is 5.32 Å². The minimum atomic E-state index is -0.436. The van der Waals surface area contributed by atoms with Gasteiger partial charge in [0.25, 0.3) is 0 Å². The fourth-order valence-corrected chi connectivity index (χ4v) is 0.552. The van der Waals surface area contributed by atoms with Crippen molar-refractivity contribution >= 4 is 0 Å². The maximum absolute atomic E-state index is 8.67. The highest BCUT2D eigenvalue weighted by Crippen LogP contribution is 1.85. The van der Waals surface area contributed by atoms with Crippen molar-refractivity contribution in [3.05, 3.63) is 0 Å². The zero-order valence-electron chi connectivity index (χ0n) is 6.05. The molecule has 0 bridgehead atoms. The average Bonchev–Trinajstić information content (AvgIpc) is 1.94. The molecule has 1 rings (SSSR count). The van der Waals surface area contributed by atoms with Crippen LogP contribution in [0.25, 0.3) is 0 Å². The van der Waals surface area contributed by atoms with Gasteiger partial charge in [0.2, 0.25) is 0 Å². The molecule has 1 atom stereocenters. The second-order valence-corrected chi connectivity index (χ2v) is 1.54. The van der Waals surface area contributed by atoms with Crippen molar-refractivity contribution in [1.29, 1.82) is 0 Å². The fraction of sp³-hybridized carbons (Fsp3) is 1.00. The molecule has 1 aliphatic heterocycles. The first-order chi connectivity index (χ1) is 4.39. The lowest BCUT2D eigenvalue weighted by Gasteiger charge is -2.17. The number of ether oxygens (including phenoxy) is 1. The molecule has 3 heteroatoms. The number of morpholine rings is 1. The molecule has 0 aliphatic carbocycles. The second-order valence-electron chi connectivity index (χ2n) is 1.54. The molecule has 2 N–H and O–H groups in total. The molecule has 9 heavy (non-hydrogen) atoms. The van der Waals surface area contributed by atoms with Crippen LogP contribution in [0.15, 0.2) is 0 Å². The fourth-order valence-electron chi connectivity index (χ4n) is 0.552. The molecule has 0 aromatic heterocycles. The number of aliphatic hydroxyl groups excluding tert-OH is 1. The minimum absolute atomic E-state index is 0.431. The van der Waals surface area contributed by atoms with E-state index >= 15 is 0 Å². The lowest BCUT2D eigenvalue weighted by atomic mass is 10.5. The molecule has 0 unspecified atom stereocenters. The summed E-state index contributed by atoms with van der Waals surface area (Å²) >= 11 is 0. The van der Waals surface area contributed by atoms with Crippen LogP contribution in [-0.2, 0) is 4.74 Å². The van der Waals surface area contributed by atoms with Crippen LogP contribution in [0, 0.1) is 0 Å². The number of nitrogens with one attached hydrogen (secondary N) is 1. The smallest absolute Gasteiger partial charge is 0.128 e. The Balaban J connectivity index is 0.000000291. The van der Waals surface area contributed by atoms with Gasteiger partial charge in [0, 0.05) is 6.54 Å². The first-order valence-corrected chi connectivity index (χ1v) is 3.39. The van der Waals surface area contributed by atoms with E-state index in [1.54, 1.807) is 0 Å². The standard InChI is InChI=1S/C4H9NO2.C2H6/c6-4-3-7-2-1-5-4;1-2/h4-6H,1-3H2;1-2H3/t4-;/m1./s1. The van der Waals surface area contributed by atoms with Gasteiger partial charge in [0.05, 0.1) is 13.2 Å². The minimum Gasteiger partial charge on any atom is -0.376 e. The van der Waals surface area contributed by atoms with Gasteiger partial charge in [-0.25, -0.2) is 0 Å². The lowest BCUT2D eigenvalue weighted by Crippen LogP contribution is -2.40. The molecule has 1 saturated heterocycles. The Kier molecular flexibility index (Phi) is 5.93. The molecule has 1 heterocycles. The van der Waals surface area contributed by atoms with E-state index < -0.39 is 6.23 Å². The van der Waals surface area contributed by atoms with Crippen LogP contribution in [0.3, 0.4) is 0 Å². The van der Waals surface area contributed by atoms with Crippen molar-refractivity contribution < 1.29 is 9.84 Å². The predicted molar refractivity (Wildman–Crippen MR) is 36.2 cm³/mol. The van der Waals surface area contributed by atoms with Gasteiger partial charge in [0.1, 0.15) is 6.23 Å². The van der Waals surface area contributed by atoms with Gasteiger partial charge >= 0.3 is 0 Å². The van der Waals surface area contributed by atoms with Crippen LogP contribution in [0.1, 0.15) is 13.8 Å². The normalized spacial score (nSPS) is 26.3. The molecular formula is C6H15NO2. The molecule has 0 aromatic carbocycles. The van der Waals surface area contributed by atoms with Crippen molar-refractivity contribution in [3.8, 4) is 0 Å². The van der Waals surface area contributed by atoms with Crippen molar-refractivity contribution in [3.63, 3.8) is 0 Å². The van der Waals surface area contributed by atoms with Crippen LogP contribution >= 0.6 is 0 Å². The highest BCUT2D eigenvalue weighted by atomic mass is 16.5. The monoisotopic (exact) mass is 133 g/mol. The summed E-state index contributed by atoms with van der Waals surface area (Å²) in [6.07, 6.45) is -0.436. The van der Waals surface area contributed by atoms with E-state index in [4.69, 9.17) is 9.84 Å². The van der Waals surface area contributed by atoms with E-state index in [2.05, 4.69) is 5.32 Å². The number of aliphatic hydroxyl groups is 1. The summed E-state index contributed by atoms with van der Waals surface area (Å²) < 4.78 is 4.87. The maximum atomic E-state index is 8.67. The summed E-state index contributed by atoms with van der Waals surface area (Å²) in [7, 11) is 0. The largest absolute Gasteiger partial charge is 0.376 e. The topological polar surface area (TPSA) is 41.5 Å². The van der Waals surface area contributed by atoms with Crippen molar-refractivity contribution in [1.82, 2.24) is 5.32 Å². The third-order valence-corrected chi connectivity index (χ3v) is 0.902. The molecular weight excluding hydrogens is 118 g/mol. The Morgan fingerprint density at radius 1 is 1.56 bits per heavy atom. The van der Waals surface area contributed by atoms with Crippen LogP contribution in [0.2, 0.25) is 0 Å². The molecule has 1 aliphatic rings. The maximum Gasteiger partial charge on any atom is 0.128 e. The molecule has 1 fully saturated rings. The first-order valence-electron chi connectivity index (χ1n) is 3.39. The third kappa shape index (κ3) is 4.39. The summed E-state index contributed by atoms with van der Waals surface area (Å²) in [5, 5.41) is 11.5. The average molecular weight is 133 g/mol. The van der Waals surface area contributed by atoms with E-state index in [1.807, 2.05) is 13.8 Å². The summed E-state index contributed by atoms with van der Waals surface area (Å²) in [5.74, 6) is 0. The van der Waals surface area contributed by atoms with Crippen molar-refractivity contribution in [2.45, 2.75) is 20.1 Å². The zero-order chi connectivity index (χ0) is 7.11. The number of rotatable bonds is 0. The van der Waals surface area contributed by atoms with E-state index in [1.165, 1.54) is 0 Å². The highest BCUT2D eigenvalue weighted by molar-refractivity contribution is 4.55. The van der Waals surface area contributed by atoms with Gasteiger partial charge in [-0.1, -0.05) is 13.8 Å². The van der Waals surface area contributed by atoms with Crippen molar-refractivity contribution in [2.75, 3.05) is 19.8 Å². The number of hydrogen-bond acceptors (Lipinski definition) is 3. The Hall–Kier alpha value is -0.120. The molecule has 0 radical (unpaired) electrons. The van der Waals surface area contributed by atoms with Crippen LogP contribution in [-0.4, -0.2) is 31.1 Å². The quantitative estimate of drug-likeness (QED) is 0.487. The molecule has 0 aromatic rings. The Morgan fingerprint density at radius 3 is 2.44 bits per heavy atom. The van der Waals surface area contributed by atoms with Gasteiger partial charge in [0.15, 0.2) is 0 Å². The van der Waals surface area contributed by atoms with Gasteiger partial charge in [-0.05, 0) is 0 Å². The second kappa shape index (κ2) is 6.01. The van der Waals surface area contributed by atoms with Crippen LogP contribution in [0.5, 0.6) is 0 Å². The van der Waals surface area contributed by atoms with E-state index in [0.29, 0.717) is 6.61 Å².